The van der Waals surface area contributed by atoms with Crippen LogP contribution < -0.4 is 11.1 Å². The van der Waals surface area contributed by atoms with Crippen LogP contribution in [0.1, 0.15) is 19.3 Å². The van der Waals surface area contributed by atoms with Crippen LogP contribution in [-0.4, -0.2) is 32.2 Å². The van der Waals surface area contributed by atoms with Gasteiger partial charge >= 0.3 is 0 Å². The number of nitrogens with one attached hydrogen (secondary N) is 1. The number of unbranched alkanes of at least 4 members (excludes halogenated alkanes) is 1. The summed E-state index contributed by atoms with van der Waals surface area (Å²) in [5, 5.41) is 2.76. The Morgan fingerprint density at radius 1 is 1.64 bits per heavy atom. The SMILES string of the molecule is C=CCC(N)C(=O)NCCCCOC. The Labute approximate surface area is 85.5 Å². The van der Waals surface area contributed by atoms with Crippen LogP contribution >= 0.6 is 0 Å². The summed E-state index contributed by atoms with van der Waals surface area (Å²) in [4.78, 5) is 11.3. The first kappa shape index (κ1) is 13.1. The predicted octanol–water partition coefficient (Wildman–Crippen LogP) is 0.433. The molecule has 0 saturated heterocycles. The number of hydrogen-bond donors (Lipinski definition) is 2. The van der Waals surface area contributed by atoms with E-state index >= 15 is 0 Å². The average molecular weight is 200 g/mol. The van der Waals surface area contributed by atoms with Gasteiger partial charge in [-0.05, 0) is 19.3 Å². The summed E-state index contributed by atoms with van der Waals surface area (Å²) < 4.78 is 4.88. The first-order chi connectivity index (χ1) is 6.72. The van der Waals surface area contributed by atoms with Gasteiger partial charge in [-0.25, -0.2) is 0 Å². The molecule has 0 bridgehead atoms. The topological polar surface area (TPSA) is 64.4 Å². The van der Waals surface area contributed by atoms with Crippen molar-refractivity contribution in [1.29, 1.82) is 0 Å². The van der Waals surface area contributed by atoms with Gasteiger partial charge in [-0.1, -0.05) is 6.08 Å². The number of nitrogens with two attached hydrogens (primary N) is 1. The second-order valence-electron chi connectivity index (χ2n) is 3.12. The molecule has 0 radical (unpaired) electrons. The van der Waals surface area contributed by atoms with E-state index in [0.29, 0.717) is 13.0 Å². The zero-order valence-electron chi connectivity index (χ0n) is 8.79. The smallest absolute Gasteiger partial charge is 0.237 e. The fourth-order valence-corrected chi connectivity index (χ4v) is 1.00. The molecule has 0 aromatic rings. The van der Waals surface area contributed by atoms with Crippen molar-refractivity contribution >= 4 is 5.91 Å². The normalized spacial score (nSPS) is 12.1. The van der Waals surface area contributed by atoms with E-state index in [-0.39, 0.29) is 5.91 Å². The predicted molar refractivity (Wildman–Crippen MR) is 56.9 cm³/mol. The summed E-state index contributed by atoms with van der Waals surface area (Å²) in [7, 11) is 1.67. The van der Waals surface area contributed by atoms with Crippen LogP contribution in [0.4, 0.5) is 0 Å². The lowest BCUT2D eigenvalue weighted by atomic mass is 10.2. The lowest BCUT2D eigenvalue weighted by Crippen LogP contribution is -2.40. The van der Waals surface area contributed by atoms with Crippen molar-refractivity contribution in [2.75, 3.05) is 20.3 Å². The van der Waals surface area contributed by atoms with Gasteiger partial charge in [0.2, 0.25) is 5.91 Å². The lowest BCUT2D eigenvalue weighted by Gasteiger charge is -2.09. The third-order valence-electron chi connectivity index (χ3n) is 1.83. The Bertz CT molecular complexity index is 172. The standard InChI is InChI=1S/C10H20N2O2/c1-3-6-9(11)10(13)12-7-4-5-8-14-2/h3,9H,1,4-8,11H2,2H3,(H,12,13). The summed E-state index contributed by atoms with van der Waals surface area (Å²) in [6.45, 7) is 4.92. The second kappa shape index (κ2) is 8.72. The van der Waals surface area contributed by atoms with Crippen molar-refractivity contribution in [3.05, 3.63) is 12.7 Å². The van der Waals surface area contributed by atoms with Gasteiger partial charge in [-0.3, -0.25) is 4.79 Å². The zero-order valence-corrected chi connectivity index (χ0v) is 8.79. The maximum absolute atomic E-state index is 11.3. The molecule has 0 aromatic heterocycles. The van der Waals surface area contributed by atoms with Crippen molar-refractivity contribution in [3.8, 4) is 0 Å². The van der Waals surface area contributed by atoms with E-state index in [4.69, 9.17) is 10.5 Å². The fourth-order valence-electron chi connectivity index (χ4n) is 1.00. The number of methoxy groups -OCH3 is 1. The van der Waals surface area contributed by atoms with Gasteiger partial charge in [0.1, 0.15) is 0 Å². The van der Waals surface area contributed by atoms with Crippen molar-refractivity contribution in [2.24, 2.45) is 5.73 Å². The first-order valence-corrected chi connectivity index (χ1v) is 4.85. The van der Waals surface area contributed by atoms with Crippen LogP contribution in [0.25, 0.3) is 0 Å². The minimum Gasteiger partial charge on any atom is -0.385 e. The molecule has 1 atom stereocenters. The number of carbonyl (C=O) groups excluding carboxylic acids is 1. The second-order valence-corrected chi connectivity index (χ2v) is 3.12. The Balaban J connectivity index is 3.38. The lowest BCUT2D eigenvalue weighted by molar-refractivity contribution is -0.122. The molecule has 14 heavy (non-hydrogen) atoms. The van der Waals surface area contributed by atoms with Crippen LogP contribution in [0.5, 0.6) is 0 Å². The minimum absolute atomic E-state index is 0.109. The van der Waals surface area contributed by atoms with Gasteiger partial charge in [0, 0.05) is 20.3 Å². The molecule has 0 heterocycles. The van der Waals surface area contributed by atoms with Gasteiger partial charge in [-0.2, -0.15) is 0 Å². The van der Waals surface area contributed by atoms with E-state index in [0.717, 1.165) is 19.4 Å². The average Bonchev–Trinajstić information content (AvgIpc) is 2.17. The van der Waals surface area contributed by atoms with E-state index < -0.39 is 6.04 Å². The number of hydrogen-bond acceptors (Lipinski definition) is 3. The molecule has 0 aliphatic carbocycles. The molecule has 0 rings (SSSR count). The molecule has 82 valence electrons. The Hall–Kier alpha value is -0.870. The van der Waals surface area contributed by atoms with Gasteiger partial charge in [0.15, 0.2) is 0 Å². The molecule has 0 aromatic carbocycles. The summed E-state index contributed by atoms with van der Waals surface area (Å²) in [6.07, 6.45) is 4.03. The molecule has 0 saturated carbocycles. The zero-order chi connectivity index (χ0) is 10.8. The maximum Gasteiger partial charge on any atom is 0.237 e. The van der Waals surface area contributed by atoms with E-state index in [9.17, 15) is 4.79 Å². The van der Waals surface area contributed by atoms with Crippen LogP contribution in [0.2, 0.25) is 0 Å². The van der Waals surface area contributed by atoms with Crippen molar-refractivity contribution in [2.45, 2.75) is 25.3 Å². The van der Waals surface area contributed by atoms with Crippen molar-refractivity contribution in [3.63, 3.8) is 0 Å². The third-order valence-corrected chi connectivity index (χ3v) is 1.83. The highest BCUT2D eigenvalue weighted by molar-refractivity contribution is 5.81. The molecular formula is C10H20N2O2. The molecule has 3 N–H and O–H groups in total. The summed E-state index contributed by atoms with van der Waals surface area (Å²) in [5.41, 5.74) is 5.56. The number of ether oxygens (including phenoxy) is 1. The molecule has 0 fully saturated rings. The fraction of sp³-hybridized carbons (Fsp3) is 0.700. The van der Waals surface area contributed by atoms with Gasteiger partial charge < -0.3 is 15.8 Å². The van der Waals surface area contributed by atoms with E-state index in [2.05, 4.69) is 11.9 Å². The quantitative estimate of drug-likeness (QED) is 0.441. The van der Waals surface area contributed by atoms with Gasteiger partial charge in [0.25, 0.3) is 0 Å². The number of carbonyl (C=O) groups is 1. The highest BCUT2D eigenvalue weighted by Crippen LogP contribution is 1.90. The Morgan fingerprint density at radius 2 is 2.36 bits per heavy atom. The molecule has 4 nitrogen and oxygen atoms in total. The monoisotopic (exact) mass is 200 g/mol. The van der Waals surface area contributed by atoms with Crippen LogP contribution in [0.3, 0.4) is 0 Å². The Kier molecular flexibility index (Phi) is 8.17. The van der Waals surface area contributed by atoms with Crippen molar-refractivity contribution in [1.82, 2.24) is 5.32 Å². The number of rotatable bonds is 8. The van der Waals surface area contributed by atoms with E-state index in [1.54, 1.807) is 13.2 Å². The summed E-state index contributed by atoms with van der Waals surface area (Å²) in [6, 6.07) is -0.463. The highest BCUT2D eigenvalue weighted by atomic mass is 16.5. The largest absolute Gasteiger partial charge is 0.385 e. The molecule has 0 aliphatic rings. The summed E-state index contributed by atoms with van der Waals surface area (Å²) in [5.74, 6) is -0.109. The highest BCUT2D eigenvalue weighted by Gasteiger charge is 2.09. The van der Waals surface area contributed by atoms with Crippen LogP contribution in [0, 0.1) is 0 Å². The van der Waals surface area contributed by atoms with E-state index in [1.165, 1.54) is 0 Å². The summed E-state index contributed by atoms with van der Waals surface area (Å²) >= 11 is 0. The third kappa shape index (κ3) is 6.62. The first-order valence-electron chi connectivity index (χ1n) is 4.85. The van der Waals surface area contributed by atoms with Gasteiger partial charge in [-0.15, -0.1) is 6.58 Å². The molecule has 4 heteroatoms. The van der Waals surface area contributed by atoms with Crippen molar-refractivity contribution < 1.29 is 9.53 Å². The van der Waals surface area contributed by atoms with E-state index in [1.807, 2.05) is 0 Å². The van der Waals surface area contributed by atoms with Gasteiger partial charge in [0.05, 0.1) is 6.04 Å². The maximum atomic E-state index is 11.3. The van der Waals surface area contributed by atoms with Crippen LogP contribution in [-0.2, 0) is 9.53 Å². The molecule has 1 amide bonds. The molecular weight excluding hydrogens is 180 g/mol. The number of amides is 1. The van der Waals surface area contributed by atoms with Crippen LogP contribution in [0.15, 0.2) is 12.7 Å². The Morgan fingerprint density at radius 3 is 2.93 bits per heavy atom. The minimum atomic E-state index is -0.463. The molecule has 0 spiro atoms. The molecule has 0 aliphatic heterocycles. The molecule has 1 unspecified atom stereocenters.